The molecule has 4 amide bonds. The highest BCUT2D eigenvalue weighted by Gasteiger charge is 2.59. The number of aromatic amines is 1. The van der Waals surface area contributed by atoms with Crippen LogP contribution in [0.15, 0.2) is 78.9 Å². The second kappa shape index (κ2) is 9.17. The molecule has 3 aromatic carbocycles. The predicted octanol–water partition coefficient (Wildman–Crippen LogP) is 5.16. The third-order valence-corrected chi connectivity index (χ3v) is 7.94. The first-order chi connectivity index (χ1) is 18.4. The lowest BCUT2D eigenvalue weighted by atomic mass is 9.87. The maximum atomic E-state index is 14.1. The van der Waals surface area contributed by atoms with Crippen LogP contribution in [0, 0.1) is 0 Å². The molecule has 3 heterocycles. The molecule has 1 aromatic heterocycles. The minimum absolute atomic E-state index is 0.0847. The Hall–Kier alpha value is -4.39. The smallest absolute Gasteiger partial charge is 0.332 e. The Balaban J connectivity index is 1.29. The van der Waals surface area contributed by atoms with Crippen LogP contribution < -0.4 is 10.2 Å². The molecule has 0 aliphatic carbocycles. The van der Waals surface area contributed by atoms with E-state index in [2.05, 4.69) is 22.4 Å². The number of carbonyl (C=O) groups is 3. The summed E-state index contributed by atoms with van der Waals surface area (Å²) in [6, 6.07) is 24.5. The average Bonchev–Trinajstić information content (AvgIpc) is 3.41. The molecular weight excluding hydrogens is 476 g/mol. The lowest BCUT2D eigenvalue weighted by Crippen LogP contribution is -2.49. The summed E-state index contributed by atoms with van der Waals surface area (Å²) in [7, 11) is 0. The van der Waals surface area contributed by atoms with Crippen molar-refractivity contribution in [2.24, 2.45) is 0 Å². The largest absolute Gasteiger partial charge is 0.356 e. The fourth-order valence-corrected chi connectivity index (χ4v) is 5.87. The molecule has 2 aliphatic heterocycles. The van der Waals surface area contributed by atoms with Crippen molar-refractivity contribution in [1.29, 1.82) is 0 Å². The van der Waals surface area contributed by atoms with Gasteiger partial charge in [-0.1, -0.05) is 60.7 Å². The highest BCUT2D eigenvalue weighted by atomic mass is 16.2. The van der Waals surface area contributed by atoms with Crippen molar-refractivity contribution in [2.75, 3.05) is 11.4 Å². The number of fused-ring (bicyclic) bond motifs is 5. The van der Waals surface area contributed by atoms with Gasteiger partial charge in [-0.3, -0.25) is 9.59 Å². The summed E-state index contributed by atoms with van der Waals surface area (Å²) in [6.45, 7) is 4.20. The monoisotopic (exact) mass is 506 g/mol. The van der Waals surface area contributed by atoms with Gasteiger partial charge in [0.2, 0.25) is 0 Å². The Morgan fingerprint density at radius 2 is 1.71 bits per heavy atom. The lowest BCUT2D eigenvalue weighted by Gasteiger charge is -2.35. The first kappa shape index (κ1) is 24.0. The van der Waals surface area contributed by atoms with Gasteiger partial charge in [0.15, 0.2) is 5.54 Å². The lowest BCUT2D eigenvalue weighted by molar-refractivity contribution is -0.125. The van der Waals surface area contributed by atoms with E-state index < -0.39 is 11.6 Å². The predicted molar refractivity (Wildman–Crippen MR) is 147 cm³/mol. The molecule has 0 saturated carbocycles. The van der Waals surface area contributed by atoms with Gasteiger partial charge in [0.1, 0.15) is 0 Å². The van der Waals surface area contributed by atoms with Gasteiger partial charge in [-0.15, -0.1) is 0 Å². The molecular formula is C31H30N4O3. The van der Waals surface area contributed by atoms with Gasteiger partial charge in [0.25, 0.3) is 11.8 Å². The summed E-state index contributed by atoms with van der Waals surface area (Å²) in [4.78, 5) is 47.4. The van der Waals surface area contributed by atoms with Gasteiger partial charge in [0.05, 0.1) is 16.9 Å². The number of benzene rings is 3. The van der Waals surface area contributed by atoms with Crippen LogP contribution in [-0.2, 0) is 23.2 Å². The summed E-state index contributed by atoms with van der Waals surface area (Å²) in [5.74, 6) is -0.657. The summed E-state index contributed by atoms with van der Waals surface area (Å²) in [5.41, 5.74) is 3.43. The zero-order chi connectivity index (χ0) is 26.4. The van der Waals surface area contributed by atoms with Crippen molar-refractivity contribution in [3.63, 3.8) is 0 Å². The maximum Gasteiger partial charge on any atom is 0.332 e. The number of nitrogens with one attached hydrogen (secondary N) is 2. The molecule has 2 N–H and O–H groups in total. The van der Waals surface area contributed by atoms with E-state index in [1.54, 1.807) is 36.1 Å². The number of hydrogen-bond donors (Lipinski definition) is 2. The van der Waals surface area contributed by atoms with E-state index >= 15 is 0 Å². The Morgan fingerprint density at radius 3 is 2.53 bits per heavy atom. The third kappa shape index (κ3) is 3.69. The van der Waals surface area contributed by atoms with E-state index in [0.717, 1.165) is 35.0 Å². The third-order valence-electron chi connectivity index (χ3n) is 7.94. The van der Waals surface area contributed by atoms with Gasteiger partial charge in [-0.25, -0.2) is 9.69 Å². The number of aryl methyl sites for hydroxylation is 1. The summed E-state index contributed by atoms with van der Waals surface area (Å²) < 4.78 is 0. The minimum atomic E-state index is -1.17. The average molecular weight is 507 g/mol. The molecule has 0 bridgehead atoms. The number of amides is 4. The Morgan fingerprint density at radius 1 is 1.00 bits per heavy atom. The SMILES string of the molecule is C[C@@H](CCc1ccccc1)NC(=O)c1ccccc1N1C(=O)N2CCc3c([nH]c4ccccc34)[C@@]2(C)C1=O. The summed E-state index contributed by atoms with van der Waals surface area (Å²) in [5, 5.41) is 4.13. The van der Waals surface area contributed by atoms with Gasteiger partial charge >= 0.3 is 6.03 Å². The number of nitrogens with zero attached hydrogens (tertiary/aromatic N) is 2. The first-order valence-corrected chi connectivity index (χ1v) is 13.1. The zero-order valence-corrected chi connectivity index (χ0v) is 21.5. The number of imide groups is 1. The minimum Gasteiger partial charge on any atom is -0.356 e. The normalized spacial score (nSPS) is 19.4. The highest BCUT2D eigenvalue weighted by Crippen LogP contribution is 2.45. The molecule has 1 saturated heterocycles. The molecule has 2 aliphatic rings. The molecule has 1 fully saturated rings. The van der Waals surface area contributed by atoms with Crippen LogP contribution in [-0.4, -0.2) is 40.3 Å². The molecule has 0 radical (unpaired) electrons. The first-order valence-electron chi connectivity index (χ1n) is 13.1. The number of aromatic nitrogens is 1. The maximum absolute atomic E-state index is 14.1. The Labute approximate surface area is 221 Å². The standard InChI is InChI=1S/C31H30N4O3/c1-20(16-17-21-10-4-3-5-11-21)32-28(36)24-13-7-9-15-26(24)35-29(37)31(2)27-23(18-19-34(31)30(35)38)22-12-6-8-14-25(22)33-27/h3-15,20,33H,16-19H2,1-2H3,(H,32,36)/t20-,31-/m0/s1. The molecule has 192 valence electrons. The number of H-pyrrole nitrogens is 1. The molecule has 7 heteroatoms. The Bertz CT molecular complexity index is 1560. The van der Waals surface area contributed by atoms with Crippen molar-refractivity contribution in [2.45, 2.75) is 44.7 Å². The fraction of sp³-hybridized carbons (Fsp3) is 0.258. The number of para-hydroxylation sites is 2. The van der Waals surface area contributed by atoms with E-state index in [1.807, 2.05) is 49.4 Å². The van der Waals surface area contributed by atoms with Crippen LogP contribution in [0.2, 0.25) is 0 Å². The number of rotatable bonds is 6. The van der Waals surface area contributed by atoms with Crippen molar-refractivity contribution in [3.8, 4) is 0 Å². The number of urea groups is 1. The van der Waals surface area contributed by atoms with E-state index in [1.165, 1.54) is 10.5 Å². The van der Waals surface area contributed by atoms with Crippen LogP contribution in [0.3, 0.4) is 0 Å². The van der Waals surface area contributed by atoms with Crippen LogP contribution >= 0.6 is 0 Å². The molecule has 7 nitrogen and oxygen atoms in total. The molecule has 4 aromatic rings. The van der Waals surface area contributed by atoms with Crippen molar-refractivity contribution in [1.82, 2.24) is 15.2 Å². The van der Waals surface area contributed by atoms with Gasteiger partial charge in [0, 0.05) is 23.5 Å². The summed E-state index contributed by atoms with van der Waals surface area (Å²) >= 11 is 0. The van der Waals surface area contributed by atoms with E-state index in [4.69, 9.17) is 0 Å². The zero-order valence-electron chi connectivity index (χ0n) is 21.5. The summed E-state index contributed by atoms with van der Waals surface area (Å²) in [6.07, 6.45) is 2.27. The Kier molecular flexibility index (Phi) is 5.79. The van der Waals surface area contributed by atoms with E-state index in [-0.39, 0.29) is 17.9 Å². The number of anilines is 1. The second-order valence-electron chi connectivity index (χ2n) is 10.3. The molecule has 0 unspecified atom stereocenters. The van der Waals surface area contributed by atoms with Crippen molar-refractivity contribution < 1.29 is 14.4 Å². The van der Waals surface area contributed by atoms with E-state index in [9.17, 15) is 14.4 Å². The topological polar surface area (TPSA) is 85.5 Å². The van der Waals surface area contributed by atoms with Crippen molar-refractivity contribution in [3.05, 3.63) is 101 Å². The fourth-order valence-electron chi connectivity index (χ4n) is 5.87. The van der Waals surface area contributed by atoms with Crippen LogP contribution in [0.25, 0.3) is 10.9 Å². The molecule has 0 spiro atoms. The second-order valence-corrected chi connectivity index (χ2v) is 10.3. The molecule has 38 heavy (non-hydrogen) atoms. The van der Waals surface area contributed by atoms with E-state index in [0.29, 0.717) is 24.2 Å². The molecule has 6 rings (SSSR count). The van der Waals surface area contributed by atoms with Crippen LogP contribution in [0.5, 0.6) is 0 Å². The van der Waals surface area contributed by atoms with Gasteiger partial charge in [-0.2, -0.15) is 0 Å². The van der Waals surface area contributed by atoms with Crippen LogP contribution in [0.4, 0.5) is 10.5 Å². The highest BCUT2D eigenvalue weighted by molar-refractivity contribution is 6.25. The molecule has 2 atom stereocenters. The quantitative estimate of drug-likeness (QED) is 0.354. The van der Waals surface area contributed by atoms with Gasteiger partial charge in [-0.05, 0) is 62.4 Å². The number of carbonyl (C=O) groups excluding carboxylic acids is 3. The number of hydrogen-bond acceptors (Lipinski definition) is 3. The van der Waals surface area contributed by atoms with Crippen LogP contribution in [0.1, 0.15) is 47.4 Å². The van der Waals surface area contributed by atoms with Crippen molar-refractivity contribution >= 4 is 34.4 Å². The van der Waals surface area contributed by atoms with Gasteiger partial charge < -0.3 is 15.2 Å².